The van der Waals surface area contributed by atoms with Crippen LogP contribution < -0.4 is 0 Å². The van der Waals surface area contributed by atoms with E-state index in [1.165, 1.54) is 129 Å². The summed E-state index contributed by atoms with van der Waals surface area (Å²) in [6, 6.07) is 72.2. The molecule has 0 aliphatic rings. The molecular formula is C56H32N2S2. The summed E-state index contributed by atoms with van der Waals surface area (Å²) >= 11 is 3.74. The molecule has 0 saturated carbocycles. The van der Waals surface area contributed by atoms with Crippen LogP contribution in [0, 0.1) is 0 Å². The molecule has 0 bridgehead atoms. The van der Waals surface area contributed by atoms with Crippen LogP contribution in [0.3, 0.4) is 0 Å². The number of aromatic nitrogens is 2. The van der Waals surface area contributed by atoms with Crippen LogP contribution in [0.4, 0.5) is 0 Å². The Morgan fingerprint density at radius 2 is 0.567 bits per heavy atom. The monoisotopic (exact) mass is 796 g/mol. The molecule has 6 aromatic heterocycles. The van der Waals surface area contributed by atoms with E-state index in [-0.39, 0.29) is 0 Å². The van der Waals surface area contributed by atoms with Crippen molar-refractivity contribution in [1.29, 1.82) is 0 Å². The largest absolute Gasteiger partial charge is 0.308 e. The molecule has 0 unspecified atom stereocenters. The highest BCUT2D eigenvalue weighted by Gasteiger charge is 2.19. The third kappa shape index (κ3) is 4.52. The molecule has 8 aromatic carbocycles. The number of rotatable bonds is 5. The SMILES string of the molecule is c1ccc2c(c1)c1cccc3c4cc(-c5ccc(-c6ccc(-c7ccc(-c8ccc(-c9ccc%10c(c9)c9cccc%11c%12ccccc%12n%10c%119)cc8)s7)s6)cc5)ccc4n2c13. The molecule has 14 aromatic rings. The van der Waals surface area contributed by atoms with Crippen LogP contribution in [0.15, 0.2) is 194 Å². The van der Waals surface area contributed by atoms with E-state index >= 15 is 0 Å². The van der Waals surface area contributed by atoms with Crippen molar-refractivity contribution in [1.82, 2.24) is 8.80 Å². The predicted molar refractivity (Wildman–Crippen MR) is 259 cm³/mol. The lowest BCUT2D eigenvalue weighted by atomic mass is 10.0. The summed E-state index contributed by atoms with van der Waals surface area (Å²) in [6.45, 7) is 0. The Morgan fingerprint density at radius 1 is 0.233 bits per heavy atom. The van der Waals surface area contributed by atoms with Crippen molar-refractivity contribution in [2.75, 3.05) is 0 Å². The second kappa shape index (κ2) is 12.2. The minimum absolute atomic E-state index is 1.23. The number of nitrogens with zero attached hydrogens (tertiary/aromatic N) is 2. The van der Waals surface area contributed by atoms with Crippen LogP contribution in [-0.4, -0.2) is 8.80 Å². The van der Waals surface area contributed by atoms with E-state index < -0.39 is 0 Å². The summed E-state index contributed by atoms with van der Waals surface area (Å²) in [7, 11) is 0. The Balaban J connectivity index is 0.728. The van der Waals surface area contributed by atoms with Gasteiger partial charge in [-0.15, -0.1) is 22.7 Å². The first kappa shape index (κ1) is 32.7. The maximum atomic E-state index is 2.44. The zero-order chi connectivity index (χ0) is 39.1. The Kier molecular flexibility index (Phi) is 6.62. The molecule has 0 aliphatic heterocycles. The smallest absolute Gasteiger partial charge is 0.0620 e. The number of fused-ring (bicyclic) bond motifs is 12. The van der Waals surface area contributed by atoms with Gasteiger partial charge in [0.2, 0.25) is 0 Å². The minimum atomic E-state index is 1.23. The lowest BCUT2D eigenvalue weighted by Gasteiger charge is -2.05. The molecule has 0 N–H and O–H groups in total. The highest BCUT2D eigenvalue weighted by Crippen LogP contribution is 2.44. The number of hydrogen-bond acceptors (Lipinski definition) is 2. The fraction of sp³-hybridized carbons (Fsp3) is 0. The van der Waals surface area contributed by atoms with Crippen LogP contribution in [0.5, 0.6) is 0 Å². The van der Waals surface area contributed by atoms with Gasteiger partial charge in [0.15, 0.2) is 0 Å². The van der Waals surface area contributed by atoms with Crippen molar-refractivity contribution in [3.05, 3.63) is 194 Å². The minimum Gasteiger partial charge on any atom is -0.308 e. The van der Waals surface area contributed by atoms with Crippen molar-refractivity contribution < 1.29 is 0 Å². The van der Waals surface area contributed by atoms with E-state index in [2.05, 4.69) is 203 Å². The maximum Gasteiger partial charge on any atom is 0.0620 e. The lowest BCUT2D eigenvalue weighted by Crippen LogP contribution is -1.82. The van der Waals surface area contributed by atoms with Crippen LogP contribution >= 0.6 is 22.7 Å². The van der Waals surface area contributed by atoms with Gasteiger partial charge in [-0.25, -0.2) is 0 Å². The normalized spacial score (nSPS) is 12.3. The van der Waals surface area contributed by atoms with Crippen LogP contribution in [-0.2, 0) is 0 Å². The van der Waals surface area contributed by atoms with E-state index in [4.69, 9.17) is 0 Å². The first-order valence-electron chi connectivity index (χ1n) is 20.5. The molecule has 0 amide bonds. The summed E-state index contributed by atoms with van der Waals surface area (Å²) in [5.74, 6) is 0. The van der Waals surface area contributed by atoms with Gasteiger partial charge in [0.05, 0.1) is 33.1 Å². The standard InChI is InChI=1S/C56H32N2S2/c1-3-13-47-39(7-1)41-9-5-11-43-45-31-37(23-25-49(45)57(47)55(41)43)33-15-19-35(20-16-33)51-27-29-53(59-51)54-30-28-52(60-54)36-21-17-34(18-22-36)38-24-26-50-46(32-38)44-12-6-10-42-40-8-2-4-14-48(40)58(50)56(42)44/h1-32H. The number of benzene rings is 8. The van der Waals surface area contributed by atoms with Gasteiger partial charge in [0.25, 0.3) is 0 Å². The molecule has 14 rings (SSSR count). The molecule has 0 spiro atoms. The first-order valence-corrected chi connectivity index (χ1v) is 22.1. The van der Waals surface area contributed by atoms with E-state index in [1.807, 2.05) is 22.7 Å². The molecule has 4 heteroatoms. The van der Waals surface area contributed by atoms with Gasteiger partial charge in [-0.05, 0) is 94.0 Å². The summed E-state index contributed by atoms with van der Waals surface area (Å²) in [5, 5.41) is 10.5. The van der Waals surface area contributed by atoms with Gasteiger partial charge in [0.1, 0.15) is 0 Å². The van der Waals surface area contributed by atoms with Crippen molar-refractivity contribution in [2.45, 2.75) is 0 Å². The average molecular weight is 797 g/mol. The fourth-order valence-corrected chi connectivity index (χ4v) is 12.2. The predicted octanol–water partition coefficient (Wildman–Crippen LogP) is 16.4. The lowest BCUT2D eigenvalue weighted by molar-refractivity contribution is 1.37. The summed E-state index contributed by atoms with van der Waals surface area (Å²) in [4.78, 5) is 5.18. The topological polar surface area (TPSA) is 8.82 Å². The summed E-state index contributed by atoms with van der Waals surface area (Å²) in [5.41, 5.74) is 15.2. The third-order valence-corrected chi connectivity index (χ3v) is 15.4. The highest BCUT2D eigenvalue weighted by molar-refractivity contribution is 7.25. The molecule has 60 heavy (non-hydrogen) atoms. The van der Waals surface area contributed by atoms with Gasteiger partial charge in [-0.3, -0.25) is 0 Å². The Bertz CT molecular complexity index is 3720. The number of hydrogen-bond donors (Lipinski definition) is 0. The van der Waals surface area contributed by atoms with Crippen molar-refractivity contribution in [3.63, 3.8) is 0 Å². The summed E-state index contributed by atoms with van der Waals surface area (Å²) in [6.07, 6.45) is 0. The molecule has 0 atom stereocenters. The van der Waals surface area contributed by atoms with Gasteiger partial charge in [-0.2, -0.15) is 0 Å². The van der Waals surface area contributed by atoms with Crippen molar-refractivity contribution in [3.8, 4) is 52.9 Å². The highest BCUT2D eigenvalue weighted by atomic mass is 32.1. The van der Waals surface area contributed by atoms with Gasteiger partial charge in [-0.1, -0.05) is 133 Å². The fourth-order valence-electron chi connectivity index (χ4n) is 10.1. The number of para-hydroxylation sites is 4. The molecule has 6 heterocycles. The van der Waals surface area contributed by atoms with Crippen molar-refractivity contribution >= 4 is 98.9 Å². The molecular weight excluding hydrogens is 765 g/mol. The van der Waals surface area contributed by atoms with E-state index in [0.29, 0.717) is 0 Å². The van der Waals surface area contributed by atoms with Crippen molar-refractivity contribution in [2.24, 2.45) is 0 Å². The Hall–Kier alpha value is -7.24. The van der Waals surface area contributed by atoms with Gasteiger partial charge in [0, 0.05) is 62.6 Å². The molecule has 0 aliphatic carbocycles. The second-order valence-corrected chi connectivity index (χ2v) is 18.2. The summed E-state index contributed by atoms with van der Waals surface area (Å²) < 4.78 is 4.89. The quantitative estimate of drug-likeness (QED) is 0.164. The average Bonchev–Trinajstić information content (AvgIpc) is 4.18. The van der Waals surface area contributed by atoms with Gasteiger partial charge >= 0.3 is 0 Å². The van der Waals surface area contributed by atoms with E-state index in [1.54, 1.807) is 0 Å². The Labute approximate surface area is 352 Å². The van der Waals surface area contributed by atoms with E-state index in [0.717, 1.165) is 0 Å². The van der Waals surface area contributed by atoms with E-state index in [9.17, 15) is 0 Å². The van der Waals surface area contributed by atoms with Crippen LogP contribution in [0.1, 0.15) is 0 Å². The molecule has 2 nitrogen and oxygen atoms in total. The third-order valence-electron chi connectivity index (χ3n) is 12.9. The first-order chi connectivity index (χ1) is 29.7. The maximum absolute atomic E-state index is 2.44. The number of thiophene rings is 2. The molecule has 0 radical (unpaired) electrons. The molecule has 0 fully saturated rings. The van der Waals surface area contributed by atoms with Gasteiger partial charge < -0.3 is 8.80 Å². The zero-order valence-electron chi connectivity index (χ0n) is 32.2. The zero-order valence-corrected chi connectivity index (χ0v) is 33.8. The Morgan fingerprint density at radius 3 is 1.02 bits per heavy atom. The molecule has 278 valence electrons. The second-order valence-electron chi connectivity index (χ2n) is 16.1. The molecule has 0 saturated heterocycles. The van der Waals surface area contributed by atoms with Crippen LogP contribution in [0.25, 0.3) is 129 Å². The van der Waals surface area contributed by atoms with Crippen LogP contribution in [0.2, 0.25) is 0 Å².